The van der Waals surface area contributed by atoms with E-state index in [0.29, 0.717) is 31.3 Å². The van der Waals surface area contributed by atoms with Gasteiger partial charge in [0, 0.05) is 38.2 Å². The molecule has 2 atom stereocenters. The summed E-state index contributed by atoms with van der Waals surface area (Å²) in [7, 11) is 1.69. The van der Waals surface area contributed by atoms with Crippen molar-refractivity contribution in [3.05, 3.63) is 28.4 Å². The van der Waals surface area contributed by atoms with Gasteiger partial charge in [0.05, 0.1) is 35.4 Å². The molecule has 2 aromatic rings. The first-order valence-corrected chi connectivity index (χ1v) is 13.4. The number of halogens is 1. The Kier molecular flexibility index (Phi) is 8.35. The molecule has 1 saturated heterocycles. The lowest BCUT2D eigenvalue weighted by atomic mass is 10.0. The highest BCUT2D eigenvalue weighted by Gasteiger charge is 2.42. The Bertz CT molecular complexity index is 1140. The Morgan fingerprint density at radius 1 is 1.30 bits per heavy atom. The van der Waals surface area contributed by atoms with Crippen LogP contribution in [0.4, 0.5) is 4.79 Å². The van der Waals surface area contributed by atoms with Crippen LogP contribution in [0.15, 0.2) is 12.1 Å². The fourth-order valence-electron chi connectivity index (χ4n) is 4.89. The van der Waals surface area contributed by atoms with Crippen molar-refractivity contribution in [2.24, 2.45) is 0 Å². The van der Waals surface area contributed by atoms with Crippen LogP contribution in [0.1, 0.15) is 64.3 Å². The molecular weight excluding hydrogens is 496 g/mol. The van der Waals surface area contributed by atoms with Crippen LogP contribution in [-0.4, -0.2) is 82.7 Å². The molecule has 2 heterocycles. The van der Waals surface area contributed by atoms with E-state index in [1.807, 2.05) is 50.3 Å². The molecule has 0 N–H and O–H groups in total. The van der Waals surface area contributed by atoms with E-state index in [1.165, 1.54) is 0 Å². The summed E-state index contributed by atoms with van der Waals surface area (Å²) in [5.41, 5.74) is 2.18. The first kappa shape index (κ1) is 27.7. The highest BCUT2D eigenvalue weighted by atomic mass is 35.5. The topological polar surface area (TPSA) is 86.1 Å². The summed E-state index contributed by atoms with van der Waals surface area (Å²) in [6.07, 6.45) is 1.58. The van der Waals surface area contributed by atoms with Crippen molar-refractivity contribution in [3.8, 4) is 0 Å². The molecular formula is C27H39ClN4O5. The Labute approximate surface area is 223 Å². The van der Waals surface area contributed by atoms with Crippen molar-refractivity contribution in [1.29, 1.82) is 0 Å². The van der Waals surface area contributed by atoms with Crippen molar-refractivity contribution >= 4 is 34.5 Å². The molecule has 1 aromatic carbocycles. The third-order valence-electron chi connectivity index (χ3n) is 6.81. The predicted molar refractivity (Wildman–Crippen MR) is 142 cm³/mol. The van der Waals surface area contributed by atoms with Gasteiger partial charge in [-0.1, -0.05) is 11.6 Å². The van der Waals surface area contributed by atoms with E-state index in [0.717, 1.165) is 41.4 Å². The zero-order valence-electron chi connectivity index (χ0n) is 22.8. The Balaban J connectivity index is 1.57. The van der Waals surface area contributed by atoms with Gasteiger partial charge in [0.1, 0.15) is 5.60 Å². The minimum Gasteiger partial charge on any atom is -0.444 e. The number of aromatic nitrogens is 2. The van der Waals surface area contributed by atoms with Gasteiger partial charge < -0.3 is 24.0 Å². The van der Waals surface area contributed by atoms with E-state index in [9.17, 15) is 9.59 Å². The molecule has 1 aromatic heterocycles. The largest absolute Gasteiger partial charge is 0.444 e. The van der Waals surface area contributed by atoms with E-state index >= 15 is 0 Å². The van der Waals surface area contributed by atoms with Crippen molar-refractivity contribution in [1.82, 2.24) is 19.6 Å². The number of benzene rings is 1. The standard InChI is InChI=1S/C27H39ClN4O5/c1-17-24-21(28)14-19(15-22(24)31(29-17)10-7-12-35-6)18(2)32(20-8-9-20)25(33)23-16-30(11-13-36-23)26(34)37-27(3,4)5/h14-15,18,20,23H,7-13,16H2,1-6H3/t18?,23-/m1/s1. The number of methoxy groups -OCH3 is 1. The summed E-state index contributed by atoms with van der Waals surface area (Å²) in [5.74, 6) is -0.107. The smallest absolute Gasteiger partial charge is 0.410 e. The van der Waals surface area contributed by atoms with E-state index in [2.05, 4.69) is 6.07 Å². The van der Waals surface area contributed by atoms with Gasteiger partial charge in [-0.05, 0) is 71.6 Å². The van der Waals surface area contributed by atoms with Crippen LogP contribution >= 0.6 is 11.6 Å². The van der Waals surface area contributed by atoms with Crippen LogP contribution < -0.4 is 0 Å². The third kappa shape index (κ3) is 6.38. The minimum absolute atomic E-state index is 0.107. The van der Waals surface area contributed by atoms with Gasteiger partial charge in [0.2, 0.25) is 0 Å². The normalized spacial score (nSPS) is 19.2. The number of nitrogens with zero attached hydrogens (tertiary/aromatic N) is 4. The summed E-state index contributed by atoms with van der Waals surface area (Å²) in [5, 5.41) is 6.26. The second kappa shape index (κ2) is 11.2. The number of carbonyl (C=O) groups excluding carboxylic acids is 2. The van der Waals surface area contributed by atoms with Crippen molar-refractivity contribution in [3.63, 3.8) is 0 Å². The molecule has 2 amide bonds. The maximum Gasteiger partial charge on any atom is 0.410 e. The van der Waals surface area contributed by atoms with Crippen LogP contribution in [0, 0.1) is 6.92 Å². The average molecular weight is 535 g/mol. The molecule has 2 aliphatic rings. The highest BCUT2D eigenvalue weighted by molar-refractivity contribution is 6.35. The fourth-order valence-corrected chi connectivity index (χ4v) is 5.25. The van der Waals surface area contributed by atoms with Crippen LogP contribution in [0.5, 0.6) is 0 Å². The number of ether oxygens (including phenoxy) is 3. The Morgan fingerprint density at radius 3 is 2.68 bits per heavy atom. The maximum absolute atomic E-state index is 13.8. The molecule has 204 valence electrons. The van der Waals surface area contributed by atoms with Crippen molar-refractivity contribution in [2.45, 2.75) is 84.2 Å². The lowest BCUT2D eigenvalue weighted by Gasteiger charge is -2.38. The van der Waals surface area contributed by atoms with Gasteiger partial charge in [-0.15, -0.1) is 0 Å². The van der Waals surface area contributed by atoms with Gasteiger partial charge in [-0.25, -0.2) is 4.79 Å². The van der Waals surface area contributed by atoms with Gasteiger partial charge in [0.25, 0.3) is 5.91 Å². The van der Waals surface area contributed by atoms with E-state index < -0.39 is 17.8 Å². The van der Waals surface area contributed by atoms with Gasteiger partial charge in [-0.2, -0.15) is 5.10 Å². The summed E-state index contributed by atoms with van der Waals surface area (Å²) in [4.78, 5) is 29.9. The summed E-state index contributed by atoms with van der Waals surface area (Å²) >= 11 is 6.76. The molecule has 0 spiro atoms. The third-order valence-corrected chi connectivity index (χ3v) is 7.11. The van der Waals surface area contributed by atoms with Crippen molar-refractivity contribution < 1.29 is 23.8 Å². The Morgan fingerprint density at radius 2 is 2.03 bits per heavy atom. The fraction of sp³-hybridized carbons (Fsp3) is 0.667. The lowest BCUT2D eigenvalue weighted by molar-refractivity contribution is -0.151. The molecule has 1 aliphatic heterocycles. The SMILES string of the molecule is COCCCn1nc(C)c2c(Cl)cc(C(C)N(C(=O)[C@H]3CN(C(=O)OC(C)(C)C)CCO3)C3CC3)cc21. The Hall–Kier alpha value is -2.36. The van der Waals surface area contributed by atoms with Crippen LogP contribution in [0.25, 0.3) is 10.9 Å². The van der Waals surface area contributed by atoms with Gasteiger partial charge in [0.15, 0.2) is 6.10 Å². The lowest BCUT2D eigenvalue weighted by Crippen LogP contribution is -2.54. The molecule has 0 radical (unpaired) electrons. The summed E-state index contributed by atoms with van der Waals surface area (Å²) in [6, 6.07) is 3.96. The number of amides is 2. The first-order chi connectivity index (χ1) is 17.5. The molecule has 1 unspecified atom stereocenters. The summed E-state index contributed by atoms with van der Waals surface area (Å²) < 4.78 is 18.6. The highest BCUT2D eigenvalue weighted by Crippen LogP contribution is 2.38. The predicted octanol–water partition coefficient (Wildman–Crippen LogP) is 4.72. The molecule has 10 heteroatoms. The molecule has 1 aliphatic carbocycles. The molecule has 1 saturated carbocycles. The van der Waals surface area contributed by atoms with Gasteiger partial charge in [-0.3, -0.25) is 9.48 Å². The zero-order chi connectivity index (χ0) is 26.9. The van der Waals surface area contributed by atoms with Gasteiger partial charge >= 0.3 is 6.09 Å². The number of hydrogen-bond donors (Lipinski definition) is 0. The number of rotatable bonds is 8. The number of carbonyl (C=O) groups is 2. The van der Waals surface area contributed by atoms with Crippen LogP contribution in [-0.2, 0) is 25.5 Å². The summed E-state index contributed by atoms with van der Waals surface area (Å²) in [6.45, 7) is 11.7. The monoisotopic (exact) mass is 534 g/mol. The molecule has 0 bridgehead atoms. The first-order valence-electron chi connectivity index (χ1n) is 13.1. The van der Waals surface area contributed by atoms with Crippen molar-refractivity contribution in [2.75, 3.05) is 33.4 Å². The van der Waals surface area contributed by atoms with E-state index in [-0.39, 0.29) is 24.5 Å². The number of aryl methyl sites for hydroxylation is 2. The minimum atomic E-state index is -0.731. The number of morpholine rings is 1. The molecule has 37 heavy (non-hydrogen) atoms. The van der Waals surface area contributed by atoms with Crippen LogP contribution in [0.3, 0.4) is 0 Å². The average Bonchev–Trinajstić information content (AvgIpc) is 3.61. The van der Waals surface area contributed by atoms with E-state index in [1.54, 1.807) is 12.0 Å². The van der Waals surface area contributed by atoms with E-state index in [4.69, 9.17) is 30.9 Å². The maximum atomic E-state index is 13.8. The molecule has 9 nitrogen and oxygen atoms in total. The number of fused-ring (bicyclic) bond motifs is 1. The quantitative estimate of drug-likeness (QED) is 0.455. The number of hydrogen-bond acceptors (Lipinski definition) is 6. The molecule has 2 fully saturated rings. The second-order valence-electron chi connectivity index (χ2n) is 11.0. The zero-order valence-corrected chi connectivity index (χ0v) is 23.5. The molecule has 4 rings (SSSR count). The van der Waals surface area contributed by atoms with Crippen LogP contribution in [0.2, 0.25) is 5.02 Å². The second-order valence-corrected chi connectivity index (χ2v) is 11.4.